The number of ether oxygens (including phenoxy) is 1. The van der Waals surface area contributed by atoms with Crippen LogP contribution in [-0.4, -0.2) is 9.91 Å². The van der Waals surface area contributed by atoms with Gasteiger partial charge in [0.1, 0.15) is 11.6 Å². The number of pyridine rings is 1. The predicted molar refractivity (Wildman–Crippen MR) is 66.8 cm³/mol. The third kappa shape index (κ3) is 2.67. The number of halogens is 1. The lowest BCUT2D eigenvalue weighted by molar-refractivity contribution is -0.386. The molecule has 0 spiro atoms. The Morgan fingerprint density at radius 3 is 2.63 bits per heavy atom. The zero-order valence-electron chi connectivity index (χ0n) is 10.4. The highest BCUT2D eigenvalue weighted by atomic mass is 19.1. The van der Waals surface area contributed by atoms with Crippen molar-refractivity contribution < 1.29 is 14.1 Å². The highest BCUT2D eigenvalue weighted by Crippen LogP contribution is 2.31. The highest BCUT2D eigenvalue weighted by molar-refractivity contribution is 5.49. The summed E-state index contributed by atoms with van der Waals surface area (Å²) in [6.45, 7) is 3.20. The van der Waals surface area contributed by atoms with Crippen molar-refractivity contribution in [2.24, 2.45) is 0 Å². The minimum atomic E-state index is -0.567. The van der Waals surface area contributed by atoms with E-state index in [1.54, 1.807) is 13.8 Å². The summed E-state index contributed by atoms with van der Waals surface area (Å²) in [4.78, 5) is 14.2. The van der Waals surface area contributed by atoms with Gasteiger partial charge in [-0.05, 0) is 31.5 Å². The summed E-state index contributed by atoms with van der Waals surface area (Å²) < 4.78 is 18.7. The molecule has 1 heterocycles. The van der Waals surface area contributed by atoms with Gasteiger partial charge in [0.05, 0.1) is 4.92 Å². The van der Waals surface area contributed by atoms with E-state index in [2.05, 4.69) is 4.98 Å². The molecule has 1 aromatic heterocycles. The molecule has 0 aliphatic carbocycles. The first-order chi connectivity index (χ1) is 8.99. The minimum Gasteiger partial charge on any atom is -0.434 e. The van der Waals surface area contributed by atoms with Crippen LogP contribution in [0.3, 0.4) is 0 Å². The van der Waals surface area contributed by atoms with E-state index in [0.717, 1.165) is 0 Å². The van der Waals surface area contributed by atoms with Crippen LogP contribution < -0.4 is 4.74 Å². The summed E-state index contributed by atoms with van der Waals surface area (Å²) in [5.74, 6) is -0.412. The normalized spacial score (nSPS) is 10.3. The molecule has 5 nitrogen and oxygen atoms in total. The third-order valence-corrected chi connectivity index (χ3v) is 2.63. The Morgan fingerprint density at radius 2 is 2.00 bits per heavy atom. The Labute approximate surface area is 108 Å². The van der Waals surface area contributed by atoms with Crippen molar-refractivity contribution in [2.45, 2.75) is 13.8 Å². The van der Waals surface area contributed by atoms with E-state index in [4.69, 9.17) is 4.74 Å². The van der Waals surface area contributed by atoms with Gasteiger partial charge in [-0.25, -0.2) is 9.37 Å². The van der Waals surface area contributed by atoms with Gasteiger partial charge in [0.2, 0.25) is 0 Å². The van der Waals surface area contributed by atoms with Gasteiger partial charge in [0.25, 0.3) is 5.88 Å². The van der Waals surface area contributed by atoms with Crippen LogP contribution in [0.2, 0.25) is 0 Å². The Balaban J connectivity index is 2.40. The monoisotopic (exact) mass is 262 g/mol. The highest BCUT2D eigenvalue weighted by Gasteiger charge is 2.20. The minimum absolute atomic E-state index is 0.145. The zero-order chi connectivity index (χ0) is 14.0. The van der Waals surface area contributed by atoms with Gasteiger partial charge in [0, 0.05) is 17.8 Å². The summed E-state index contributed by atoms with van der Waals surface area (Å²) in [5.41, 5.74) is 0.685. The number of nitro groups is 1. The van der Waals surface area contributed by atoms with Gasteiger partial charge in [0.15, 0.2) is 0 Å². The van der Waals surface area contributed by atoms with E-state index in [9.17, 15) is 14.5 Å². The second-order valence-electron chi connectivity index (χ2n) is 4.05. The van der Waals surface area contributed by atoms with Crippen molar-refractivity contribution in [1.29, 1.82) is 0 Å². The molecule has 6 heteroatoms. The second-order valence-corrected chi connectivity index (χ2v) is 4.05. The molecule has 2 aromatic rings. The SMILES string of the molecule is Cc1ccc(Oc2nccc(C)c2[N+](=O)[O-])cc1F. The molecule has 0 N–H and O–H groups in total. The molecule has 19 heavy (non-hydrogen) atoms. The van der Waals surface area contributed by atoms with Gasteiger partial charge in [-0.2, -0.15) is 0 Å². The Morgan fingerprint density at radius 1 is 1.26 bits per heavy atom. The van der Waals surface area contributed by atoms with E-state index >= 15 is 0 Å². The standard InChI is InChI=1S/C13H11FN2O3/c1-8-3-4-10(7-11(8)14)19-13-12(16(17)18)9(2)5-6-15-13/h3-7H,1-2H3. The van der Waals surface area contributed by atoms with E-state index in [1.165, 1.54) is 30.5 Å². The summed E-state index contributed by atoms with van der Waals surface area (Å²) in [5, 5.41) is 11.0. The molecule has 0 saturated heterocycles. The Hall–Kier alpha value is -2.50. The molecule has 0 atom stereocenters. The lowest BCUT2D eigenvalue weighted by Gasteiger charge is -2.07. The number of rotatable bonds is 3. The number of benzene rings is 1. The number of nitrogens with zero attached hydrogens (tertiary/aromatic N) is 2. The number of aryl methyl sites for hydroxylation is 2. The quantitative estimate of drug-likeness (QED) is 0.626. The first-order valence-electron chi connectivity index (χ1n) is 5.53. The fourth-order valence-electron chi connectivity index (χ4n) is 1.57. The third-order valence-electron chi connectivity index (χ3n) is 2.63. The van der Waals surface area contributed by atoms with E-state index < -0.39 is 10.7 Å². The summed E-state index contributed by atoms with van der Waals surface area (Å²) in [6, 6.07) is 5.75. The van der Waals surface area contributed by atoms with Crippen LogP contribution in [0.5, 0.6) is 11.6 Å². The van der Waals surface area contributed by atoms with Crippen LogP contribution in [0.4, 0.5) is 10.1 Å². The number of aromatic nitrogens is 1. The maximum absolute atomic E-state index is 13.4. The summed E-state index contributed by atoms with van der Waals surface area (Å²) >= 11 is 0. The van der Waals surface area contributed by atoms with Gasteiger partial charge in [-0.1, -0.05) is 6.07 Å². The first kappa shape index (κ1) is 12.9. The lowest BCUT2D eigenvalue weighted by Crippen LogP contribution is -1.98. The maximum Gasteiger partial charge on any atom is 0.334 e. The molecule has 0 radical (unpaired) electrons. The lowest BCUT2D eigenvalue weighted by atomic mass is 10.2. The molecular weight excluding hydrogens is 251 g/mol. The molecule has 0 saturated carbocycles. The molecule has 0 aliphatic rings. The van der Waals surface area contributed by atoms with Crippen LogP contribution in [0.15, 0.2) is 30.5 Å². The van der Waals surface area contributed by atoms with Crippen molar-refractivity contribution in [3.63, 3.8) is 0 Å². The molecule has 0 aliphatic heterocycles. The van der Waals surface area contributed by atoms with Crippen molar-refractivity contribution in [3.05, 3.63) is 57.5 Å². The zero-order valence-corrected chi connectivity index (χ0v) is 10.4. The molecule has 0 unspecified atom stereocenters. The number of hydrogen-bond donors (Lipinski definition) is 0. The van der Waals surface area contributed by atoms with E-state index in [1.807, 2.05) is 0 Å². The van der Waals surface area contributed by atoms with Crippen LogP contribution in [0.25, 0.3) is 0 Å². The van der Waals surface area contributed by atoms with Gasteiger partial charge < -0.3 is 4.74 Å². The molecule has 98 valence electrons. The predicted octanol–water partition coefficient (Wildman–Crippen LogP) is 3.54. The smallest absolute Gasteiger partial charge is 0.334 e. The van der Waals surface area contributed by atoms with Crippen LogP contribution in [0, 0.1) is 29.8 Å². The Kier molecular flexibility index (Phi) is 3.41. The van der Waals surface area contributed by atoms with Gasteiger partial charge in [-0.15, -0.1) is 0 Å². The van der Waals surface area contributed by atoms with E-state index in [-0.39, 0.29) is 17.3 Å². The first-order valence-corrected chi connectivity index (χ1v) is 5.53. The molecule has 0 fully saturated rings. The fourth-order valence-corrected chi connectivity index (χ4v) is 1.57. The van der Waals surface area contributed by atoms with Gasteiger partial charge >= 0.3 is 5.69 Å². The Bertz CT molecular complexity index is 644. The van der Waals surface area contributed by atoms with Crippen molar-refractivity contribution >= 4 is 5.69 Å². The molecule has 0 bridgehead atoms. The van der Waals surface area contributed by atoms with Crippen LogP contribution >= 0.6 is 0 Å². The second kappa shape index (κ2) is 5.01. The average molecular weight is 262 g/mol. The fraction of sp³-hybridized carbons (Fsp3) is 0.154. The van der Waals surface area contributed by atoms with Crippen molar-refractivity contribution in [3.8, 4) is 11.6 Å². The summed E-state index contributed by atoms with van der Waals surface area (Å²) in [6.07, 6.45) is 1.40. The number of hydrogen-bond acceptors (Lipinski definition) is 4. The topological polar surface area (TPSA) is 65.3 Å². The molecule has 0 amide bonds. The van der Waals surface area contributed by atoms with Crippen molar-refractivity contribution in [1.82, 2.24) is 4.98 Å². The molecular formula is C13H11FN2O3. The molecule has 1 aromatic carbocycles. The van der Waals surface area contributed by atoms with Gasteiger partial charge in [-0.3, -0.25) is 10.1 Å². The summed E-state index contributed by atoms with van der Waals surface area (Å²) in [7, 11) is 0. The largest absolute Gasteiger partial charge is 0.434 e. The van der Waals surface area contributed by atoms with Crippen molar-refractivity contribution in [2.75, 3.05) is 0 Å². The van der Waals surface area contributed by atoms with Crippen LogP contribution in [-0.2, 0) is 0 Å². The maximum atomic E-state index is 13.4. The molecule has 2 rings (SSSR count). The van der Waals surface area contributed by atoms with Crippen LogP contribution in [0.1, 0.15) is 11.1 Å². The average Bonchev–Trinajstić information content (AvgIpc) is 2.33. The van der Waals surface area contributed by atoms with E-state index in [0.29, 0.717) is 11.1 Å².